The Labute approximate surface area is 133 Å². The van der Waals surface area contributed by atoms with Crippen LogP contribution in [0.1, 0.15) is 20.7 Å². The Morgan fingerprint density at radius 3 is 2.43 bits per heavy atom. The molecular weight excluding hydrogens is 335 g/mol. The molecule has 2 aromatic carbocycles. The summed E-state index contributed by atoms with van der Waals surface area (Å²) in [7, 11) is 1.11. The lowest BCUT2D eigenvalue weighted by atomic mass is 10.1. The van der Waals surface area contributed by atoms with Crippen LogP contribution in [0.3, 0.4) is 0 Å². The normalized spacial score (nSPS) is 10.3. The van der Waals surface area contributed by atoms with Crippen molar-refractivity contribution < 1.29 is 27.5 Å². The Bertz CT molecular complexity index is 796. The number of aldehydes is 1. The number of ether oxygens (including phenoxy) is 1. The van der Waals surface area contributed by atoms with E-state index in [-0.39, 0.29) is 23.2 Å². The highest BCUT2D eigenvalue weighted by molar-refractivity contribution is 6.34. The third kappa shape index (κ3) is 3.14. The first kappa shape index (κ1) is 16.8. The molecule has 2 rings (SSSR count). The van der Waals surface area contributed by atoms with Crippen molar-refractivity contribution in [3.05, 3.63) is 57.9 Å². The molecule has 2 aromatic rings. The predicted octanol–water partition coefficient (Wildman–Crippen LogP) is 4.10. The van der Waals surface area contributed by atoms with Gasteiger partial charge in [0.05, 0.1) is 29.6 Å². The molecule has 1 N–H and O–H groups in total. The zero-order valence-electron chi connectivity index (χ0n) is 11.6. The first-order chi connectivity index (χ1) is 10.9. The van der Waals surface area contributed by atoms with E-state index in [4.69, 9.17) is 11.6 Å². The second kappa shape index (κ2) is 6.70. The molecule has 120 valence electrons. The fourth-order valence-electron chi connectivity index (χ4n) is 1.88. The molecule has 0 aliphatic rings. The predicted molar refractivity (Wildman–Crippen MR) is 77.8 cm³/mol. The van der Waals surface area contributed by atoms with Gasteiger partial charge in [-0.05, 0) is 24.3 Å². The fourth-order valence-corrected chi connectivity index (χ4v) is 2.09. The molecule has 0 amide bonds. The van der Waals surface area contributed by atoms with Crippen molar-refractivity contribution >= 4 is 35.2 Å². The van der Waals surface area contributed by atoms with Crippen LogP contribution in [0.2, 0.25) is 5.02 Å². The second-order valence-corrected chi connectivity index (χ2v) is 4.72. The van der Waals surface area contributed by atoms with Crippen LogP contribution in [-0.2, 0) is 4.74 Å². The second-order valence-electron chi connectivity index (χ2n) is 4.34. The summed E-state index contributed by atoms with van der Waals surface area (Å²) in [5.74, 6) is -4.28. The van der Waals surface area contributed by atoms with Gasteiger partial charge in [-0.25, -0.2) is 18.0 Å². The molecule has 0 bridgehead atoms. The average molecular weight is 344 g/mol. The number of hydrogen-bond acceptors (Lipinski definition) is 4. The van der Waals surface area contributed by atoms with Crippen LogP contribution < -0.4 is 5.32 Å². The van der Waals surface area contributed by atoms with Crippen LogP contribution in [0.15, 0.2) is 24.3 Å². The zero-order valence-corrected chi connectivity index (χ0v) is 12.4. The highest BCUT2D eigenvalue weighted by Gasteiger charge is 2.20. The molecule has 0 saturated carbocycles. The summed E-state index contributed by atoms with van der Waals surface area (Å²) in [6.07, 6.45) is 0.0891. The number of carbonyl (C=O) groups excluding carboxylic acids is 2. The summed E-state index contributed by atoms with van der Waals surface area (Å²) in [6, 6.07) is 3.89. The van der Waals surface area contributed by atoms with Gasteiger partial charge in [-0.1, -0.05) is 11.6 Å². The molecule has 0 heterocycles. The highest BCUT2D eigenvalue weighted by atomic mass is 35.5. The van der Waals surface area contributed by atoms with Crippen molar-refractivity contribution in [2.75, 3.05) is 12.4 Å². The van der Waals surface area contributed by atoms with Crippen molar-refractivity contribution in [3.63, 3.8) is 0 Å². The van der Waals surface area contributed by atoms with E-state index >= 15 is 0 Å². The number of hydrogen-bond donors (Lipinski definition) is 1. The zero-order chi connectivity index (χ0) is 17.1. The van der Waals surface area contributed by atoms with Gasteiger partial charge in [0.25, 0.3) is 0 Å². The molecule has 23 heavy (non-hydrogen) atoms. The van der Waals surface area contributed by atoms with Crippen molar-refractivity contribution in [2.45, 2.75) is 0 Å². The quantitative estimate of drug-likeness (QED) is 0.671. The van der Waals surface area contributed by atoms with Gasteiger partial charge < -0.3 is 10.1 Å². The molecule has 0 aliphatic heterocycles. The van der Waals surface area contributed by atoms with Crippen LogP contribution in [-0.4, -0.2) is 19.4 Å². The lowest BCUT2D eigenvalue weighted by molar-refractivity contribution is 0.0601. The van der Waals surface area contributed by atoms with Gasteiger partial charge in [-0.2, -0.15) is 0 Å². The van der Waals surface area contributed by atoms with Gasteiger partial charge in [-0.15, -0.1) is 0 Å². The Morgan fingerprint density at radius 1 is 1.17 bits per heavy atom. The highest BCUT2D eigenvalue weighted by Crippen LogP contribution is 2.33. The molecule has 0 radical (unpaired) electrons. The molecule has 4 nitrogen and oxygen atoms in total. The Balaban J connectivity index is 2.61. The van der Waals surface area contributed by atoms with E-state index in [1.807, 2.05) is 0 Å². The summed E-state index contributed by atoms with van der Waals surface area (Å²) >= 11 is 5.81. The van der Waals surface area contributed by atoms with Gasteiger partial charge in [0.1, 0.15) is 10.8 Å². The summed E-state index contributed by atoms with van der Waals surface area (Å²) in [5, 5.41) is 2.01. The molecule has 0 atom stereocenters. The van der Waals surface area contributed by atoms with E-state index in [1.54, 1.807) is 0 Å². The van der Waals surface area contributed by atoms with Crippen LogP contribution >= 0.6 is 11.6 Å². The van der Waals surface area contributed by atoms with E-state index < -0.39 is 34.0 Å². The summed E-state index contributed by atoms with van der Waals surface area (Å²) < 4.78 is 45.0. The number of esters is 1. The van der Waals surface area contributed by atoms with Crippen molar-refractivity contribution in [1.82, 2.24) is 0 Å². The van der Waals surface area contributed by atoms with E-state index in [0.29, 0.717) is 0 Å². The van der Waals surface area contributed by atoms with Crippen LogP contribution in [0, 0.1) is 17.5 Å². The van der Waals surface area contributed by atoms with Crippen LogP contribution in [0.5, 0.6) is 0 Å². The first-order valence-corrected chi connectivity index (χ1v) is 6.55. The van der Waals surface area contributed by atoms with E-state index in [0.717, 1.165) is 31.4 Å². The van der Waals surface area contributed by atoms with Crippen molar-refractivity contribution in [2.24, 2.45) is 0 Å². The summed E-state index contributed by atoms with van der Waals surface area (Å²) in [4.78, 5) is 22.7. The van der Waals surface area contributed by atoms with E-state index in [2.05, 4.69) is 10.1 Å². The Kier molecular flexibility index (Phi) is 4.90. The van der Waals surface area contributed by atoms with E-state index in [1.165, 1.54) is 0 Å². The molecule has 0 spiro atoms. The molecule has 0 aromatic heterocycles. The number of carbonyl (C=O) groups is 2. The largest absolute Gasteiger partial charge is 0.465 e. The summed E-state index contributed by atoms with van der Waals surface area (Å²) in [6.45, 7) is 0. The minimum Gasteiger partial charge on any atom is -0.465 e. The number of anilines is 2. The maximum atomic E-state index is 13.6. The number of benzene rings is 2. The lowest BCUT2D eigenvalue weighted by Gasteiger charge is -2.15. The number of methoxy groups -OCH3 is 1. The molecule has 8 heteroatoms. The van der Waals surface area contributed by atoms with Gasteiger partial charge >= 0.3 is 5.97 Å². The maximum absolute atomic E-state index is 13.6. The number of halogens is 4. The van der Waals surface area contributed by atoms with Crippen LogP contribution in [0.25, 0.3) is 0 Å². The van der Waals surface area contributed by atoms with E-state index in [9.17, 15) is 22.8 Å². The average Bonchev–Trinajstić information content (AvgIpc) is 2.55. The smallest absolute Gasteiger partial charge is 0.340 e. The lowest BCUT2D eigenvalue weighted by Crippen LogP contribution is -2.09. The SMILES string of the molecule is COC(=O)c1ccc(F)c(Cl)c1Nc1ccc(F)c(F)c1C=O. The molecule has 0 saturated heterocycles. The molecule has 0 unspecified atom stereocenters. The molecular formula is C15H9ClF3NO3. The number of rotatable bonds is 4. The van der Waals surface area contributed by atoms with Gasteiger partial charge in [0, 0.05) is 0 Å². The van der Waals surface area contributed by atoms with Gasteiger partial charge in [-0.3, -0.25) is 4.79 Å². The first-order valence-electron chi connectivity index (χ1n) is 6.17. The number of nitrogens with one attached hydrogen (secondary N) is 1. The third-order valence-corrected chi connectivity index (χ3v) is 3.38. The fraction of sp³-hybridized carbons (Fsp3) is 0.0667. The van der Waals surface area contributed by atoms with Crippen LogP contribution in [0.4, 0.5) is 24.5 Å². The Morgan fingerprint density at radius 2 is 1.83 bits per heavy atom. The third-order valence-electron chi connectivity index (χ3n) is 3.01. The molecule has 0 aliphatic carbocycles. The summed E-state index contributed by atoms with van der Waals surface area (Å²) in [5.41, 5.74) is -1.18. The van der Waals surface area contributed by atoms with Crippen molar-refractivity contribution in [3.8, 4) is 0 Å². The topological polar surface area (TPSA) is 55.4 Å². The molecule has 0 fully saturated rings. The van der Waals surface area contributed by atoms with Crippen molar-refractivity contribution in [1.29, 1.82) is 0 Å². The maximum Gasteiger partial charge on any atom is 0.340 e. The monoisotopic (exact) mass is 343 g/mol. The standard InChI is InChI=1S/C15H9ClF3NO3/c1-23-15(22)7-2-3-9(17)12(16)14(7)20-11-5-4-10(18)13(19)8(11)6-21/h2-6,20H,1H3. The van der Waals surface area contributed by atoms with Gasteiger partial charge in [0.15, 0.2) is 17.9 Å². The minimum absolute atomic E-state index is 0.0891. The Hall–Kier alpha value is -2.54. The van der Waals surface area contributed by atoms with Gasteiger partial charge in [0.2, 0.25) is 0 Å². The minimum atomic E-state index is -1.38.